The maximum Gasteiger partial charge on any atom is 0.0719 e. The van der Waals surface area contributed by atoms with E-state index in [1.165, 1.54) is 25.9 Å². The zero-order valence-electron chi connectivity index (χ0n) is 8.32. The molecule has 2 fully saturated rings. The summed E-state index contributed by atoms with van der Waals surface area (Å²) < 4.78 is 1.92. The van der Waals surface area contributed by atoms with Gasteiger partial charge in [0.15, 0.2) is 0 Å². The number of nitrogens with two attached hydrogens (primary N) is 1. The molecule has 1 aliphatic carbocycles. The third kappa shape index (κ3) is 1.39. The van der Waals surface area contributed by atoms with Crippen LogP contribution in [-0.4, -0.2) is 34.3 Å². The van der Waals surface area contributed by atoms with Gasteiger partial charge in [0.05, 0.1) is 18.4 Å². The van der Waals surface area contributed by atoms with E-state index in [1.807, 2.05) is 10.9 Å². The van der Waals surface area contributed by atoms with Crippen molar-refractivity contribution < 1.29 is 0 Å². The van der Waals surface area contributed by atoms with Crippen LogP contribution in [0.1, 0.15) is 12.8 Å². The molecule has 76 valence electrons. The lowest BCUT2D eigenvalue weighted by Gasteiger charge is -2.39. The molecule has 2 N–H and O–H groups in total. The minimum absolute atomic E-state index is 0.757. The number of hydrogen-bond donors (Lipinski definition) is 1. The average molecular weight is 192 g/mol. The van der Waals surface area contributed by atoms with Crippen molar-refractivity contribution in [2.45, 2.75) is 19.4 Å². The molecule has 0 unspecified atom stereocenters. The molecule has 0 aromatic carbocycles. The summed E-state index contributed by atoms with van der Waals surface area (Å²) in [7, 11) is 0. The van der Waals surface area contributed by atoms with Gasteiger partial charge in [-0.15, -0.1) is 0 Å². The monoisotopic (exact) mass is 192 g/mol. The highest BCUT2D eigenvalue weighted by Crippen LogP contribution is 2.52. The number of nitrogens with zero attached hydrogens (tertiary/aromatic N) is 3. The van der Waals surface area contributed by atoms with Gasteiger partial charge in [0.25, 0.3) is 0 Å². The van der Waals surface area contributed by atoms with Crippen molar-refractivity contribution in [1.82, 2.24) is 14.7 Å². The van der Waals surface area contributed by atoms with Crippen molar-refractivity contribution >= 4 is 5.69 Å². The van der Waals surface area contributed by atoms with Gasteiger partial charge in [-0.1, -0.05) is 0 Å². The van der Waals surface area contributed by atoms with Crippen molar-refractivity contribution in [3.05, 3.63) is 12.4 Å². The second-order valence-electron chi connectivity index (χ2n) is 4.75. The lowest BCUT2D eigenvalue weighted by Crippen LogP contribution is -2.49. The fraction of sp³-hybridized carbons (Fsp3) is 0.700. The first-order chi connectivity index (χ1) is 6.76. The van der Waals surface area contributed by atoms with Crippen LogP contribution in [0, 0.1) is 5.41 Å². The van der Waals surface area contributed by atoms with Crippen molar-refractivity contribution in [2.24, 2.45) is 5.41 Å². The molecule has 1 spiro atoms. The summed E-state index contributed by atoms with van der Waals surface area (Å²) in [4.78, 5) is 2.50. The van der Waals surface area contributed by atoms with E-state index >= 15 is 0 Å². The lowest BCUT2D eigenvalue weighted by molar-refractivity contribution is 0.0769. The Hall–Kier alpha value is -1.03. The molecule has 1 aromatic rings. The van der Waals surface area contributed by atoms with Crippen LogP contribution in [0.3, 0.4) is 0 Å². The molecule has 4 heteroatoms. The van der Waals surface area contributed by atoms with E-state index in [0.717, 1.165) is 24.2 Å². The first kappa shape index (κ1) is 8.29. The van der Waals surface area contributed by atoms with Crippen LogP contribution in [0.4, 0.5) is 5.69 Å². The Morgan fingerprint density at radius 3 is 2.71 bits per heavy atom. The quantitative estimate of drug-likeness (QED) is 0.761. The second kappa shape index (κ2) is 2.73. The highest BCUT2D eigenvalue weighted by atomic mass is 15.3. The Balaban J connectivity index is 1.46. The van der Waals surface area contributed by atoms with Gasteiger partial charge in [0.2, 0.25) is 0 Å². The minimum atomic E-state index is 0.757. The fourth-order valence-corrected chi connectivity index (χ4v) is 2.30. The van der Waals surface area contributed by atoms with E-state index in [0.29, 0.717) is 0 Å². The highest BCUT2D eigenvalue weighted by Gasteiger charge is 2.51. The molecule has 4 nitrogen and oxygen atoms in total. The van der Waals surface area contributed by atoms with Crippen molar-refractivity contribution in [1.29, 1.82) is 0 Å². The molecule has 14 heavy (non-hydrogen) atoms. The van der Waals surface area contributed by atoms with Crippen LogP contribution < -0.4 is 5.73 Å². The first-order valence-electron chi connectivity index (χ1n) is 5.26. The minimum Gasteiger partial charge on any atom is -0.396 e. The van der Waals surface area contributed by atoms with Gasteiger partial charge in [-0.3, -0.25) is 4.68 Å². The molecule has 0 radical (unpaired) electrons. The number of anilines is 1. The van der Waals surface area contributed by atoms with Crippen LogP contribution in [0.15, 0.2) is 12.4 Å². The maximum absolute atomic E-state index is 5.59. The lowest BCUT2D eigenvalue weighted by atomic mass is 9.97. The maximum atomic E-state index is 5.59. The summed E-state index contributed by atoms with van der Waals surface area (Å²) in [5, 5.41) is 4.16. The van der Waals surface area contributed by atoms with E-state index < -0.39 is 0 Å². The topological polar surface area (TPSA) is 47.1 Å². The average Bonchev–Trinajstić information content (AvgIpc) is 2.79. The Morgan fingerprint density at radius 2 is 2.14 bits per heavy atom. The molecule has 0 amide bonds. The molecular formula is C10H16N4. The van der Waals surface area contributed by atoms with Gasteiger partial charge in [-0.25, -0.2) is 0 Å². The molecule has 0 atom stereocenters. The predicted octanol–water partition coefficient (Wildman–Crippen LogP) is 0.561. The fourth-order valence-electron chi connectivity index (χ4n) is 2.30. The van der Waals surface area contributed by atoms with Crippen molar-refractivity contribution in [3.8, 4) is 0 Å². The SMILES string of the molecule is Nc1cnn(CCN2CC3(CC3)C2)c1. The summed E-state index contributed by atoms with van der Waals surface area (Å²) in [6.07, 6.45) is 6.52. The highest BCUT2D eigenvalue weighted by molar-refractivity contribution is 5.30. The number of rotatable bonds is 3. The van der Waals surface area contributed by atoms with E-state index in [9.17, 15) is 0 Å². The standard InChI is InChI=1S/C10H16N4/c11-9-5-12-14(6-9)4-3-13-7-10(8-13)1-2-10/h5-6H,1-4,7-8,11H2. The summed E-state index contributed by atoms with van der Waals surface area (Å²) in [5.41, 5.74) is 7.11. The molecule has 2 heterocycles. The van der Waals surface area contributed by atoms with Crippen LogP contribution in [0.25, 0.3) is 0 Å². The van der Waals surface area contributed by atoms with Crippen LogP contribution in [0.2, 0.25) is 0 Å². The van der Waals surface area contributed by atoms with E-state index in [2.05, 4.69) is 10.00 Å². The van der Waals surface area contributed by atoms with Gasteiger partial charge in [-0.2, -0.15) is 5.10 Å². The smallest absolute Gasteiger partial charge is 0.0719 e. The summed E-state index contributed by atoms with van der Waals surface area (Å²) in [5.74, 6) is 0. The summed E-state index contributed by atoms with van der Waals surface area (Å²) in [6.45, 7) is 4.70. The van der Waals surface area contributed by atoms with Gasteiger partial charge in [0, 0.05) is 25.8 Å². The largest absolute Gasteiger partial charge is 0.396 e. The molecule has 1 aromatic heterocycles. The van der Waals surface area contributed by atoms with E-state index in [-0.39, 0.29) is 0 Å². The second-order valence-corrected chi connectivity index (χ2v) is 4.75. The van der Waals surface area contributed by atoms with Gasteiger partial charge >= 0.3 is 0 Å². The Labute approximate surface area is 83.7 Å². The zero-order valence-corrected chi connectivity index (χ0v) is 8.32. The Morgan fingerprint density at radius 1 is 1.36 bits per heavy atom. The third-order valence-electron chi connectivity index (χ3n) is 3.37. The van der Waals surface area contributed by atoms with Crippen molar-refractivity contribution in [3.63, 3.8) is 0 Å². The van der Waals surface area contributed by atoms with Gasteiger partial charge in [0.1, 0.15) is 0 Å². The molecule has 3 rings (SSSR count). The normalized spacial score (nSPS) is 23.7. The zero-order chi connectivity index (χ0) is 9.60. The number of nitrogen functional groups attached to an aromatic ring is 1. The Kier molecular flexibility index (Phi) is 1.62. The number of hydrogen-bond acceptors (Lipinski definition) is 3. The van der Waals surface area contributed by atoms with Crippen LogP contribution in [-0.2, 0) is 6.54 Å². The van der Waals surface area contributed by atoms with Gasteiger partial charge in [-0.05, 0) is 18.3 Å². The predicted molar refractivity (Wildman–Crippen MR) is 54.7 cm³/mol. The van der Waals surface area contributed by atoms with Crippen molar-refractivity contribution in [2.75, 3.05) is 25.4 Å². The first-order valence-corrected chi connectivity index (χ1v) is 5.26. The molecular weight excluding hydrogens is 176 g/mol. The molecule has 1 saturated carbocycles. The van der Waals surface area contributed by atoms with E-state index in [1.54, 1.807) is 6.20 Å². The molecule has 1 aliphatic heterocycles. The van der Waals surface area contributed by atoms with Crippen LogP contribution in [0.5, 0.6) is 0 Å². The summed E-state index contributed by atoms with van der Waals surface area (Å²) >= 11 is 0. The number of likely N-dealkylation sites (tertiary alicyclic amines) is 1. The molecule has 0 bridgehead atoms. The van der Waals surface area contributed by atoms with E-state index in [4.69, 9.17) is 5.73 Å². The molecule has 1 saturated heterocycles. The third-order valence-corrected chi connectivity index (χ3v) is 3.37. The van der Waals surface area contributed by atoms with Crippen LogP contribution >= 0.6 is 0 Å². The Bertz CT molecular complexity index is 332. The number of aromatic nitrogens is 2. The van der Waals surface area contributed by atoms with Gasteiger partial charge < -0.3 is 10.6 Å². The summed E-state index contributed by atoms with van der Waals surface area (Å²) in [6, 6.07) is 0. The molecule has 2 aliphatic rings.